The van der Waals surface area contributed by atoms with E-state index in [1.807, 2.05) is 0 Å². The van der Waals surface area contributed by atoms with Crippen molar-refractivity contribution in [3.8, 4) is 5.75 Å². The summed E-state index contributed by atoms with van der Waals surface area (Å²) in [5.41, 5.74) is 0.0923. The van der Waals surface area contributed by atoms with Gasteiger partial charge in [-0.05, 0) is 24.3 Å². The lowest BCUT2D eigenvalue weighted by Gasteiger charge is -2.11. The maximum atomic E-state index is 12.4. The number of carbonyl (C=O) groups excluding carboxylic acids is 1. The minimum atomic E-state index is -0.537. The molecule has 0 fully saturated rings. The van der Waals surface area contributed by atoms with Gasteiger partial charge in [-0.3, -0.25) is 4.79 Å². The van der Waals surface area contributed by atoms with Crippen molar-refractivity contribution in [1.82, 2.24) is 4.98 Å². The third kappa shape index (κ3) is 3.33. The van der Waals surface area contributed by atoms with Crippen LogP contribution in [0, 0.1) is 0 Å². The van der Waals surface area contributed by atoms with Crippen LogP contribution in [0.1, 0.15) is 10.4 Å². The summed E-state index contributed by atoms with van der Waals surface area (Å²) in [6.45, 7) is 0. The van der Waals surface area contributed by atoms with Gasteiger partial charge < -0.3 is 14.8 Å². The summed E-state index contributed by atoms with van der Waals surface area (Å²) in [5.74, 6) is -0.810. The zero-order valence-corrected chi connectivity index (χ0v) is 15.1. The second kappa shape index (κ2) is 7.00. The summed E-state index contributed by atoms with van der Waals surface area (Å²) < 4.78 is 4.74. The number of carbonyl (C=O) groups is 1. The smallest absolute Gasteiger partial charge is 0.339 e. The molecule has 0 unspecified atom stereocenters. The molecule has 0 amide bonds. The summed E-state index contributed by atoms with van der Waals surface area (Å²) in [7, 11) is 1.27. The van der Waals surface area contributed by atoms with Gasteiger partial charge in [0.2, 0.25) is 0 Å². The predicted octanol–water partition coefficient (Wildman–Crippen LogP) is 4.48. The maximum Gasteiger partial charge on any atom is 0.339 e. The Balaban J connectivity index is 2.18. The standard InChI is InChI=1S/C17H11Cl2NO4S/c1-24-17(23)9-4-2-3-5-12(9)25-15-14(21)13-10(19)6-8(18)7-11(13)20-16(15)22/h2-7H,1H3,(H2,20,21,22). The molecule has 8 heteroatoms. The van der Waals surface area contributed by atoms with E-state index >= 15 is 0 Å². The maximum absolute atomic E-state index is 12.4. The molecule has 0 saturated heterocycles. The molecule has 25 heavy (non-hydrogen) atoms. The van der Waals surface area contributed by atoms with Crippen LogP contribution in [-0.4, -0.2) is 23.2 Å². The van der Waals surface area contributed by atoms with Gasteiger partial charge in [-0.15, -0.1) is 0 Å². The molecule has 0 aliphatic carbocycles. The van der Waals surface area contributed by atoms with Crippen LogP contribution in [0.25, 0.3) is 10.9 Å². The first kappa shape index (κ1) is 17.7. The minimum Gasteiger partial charge on any atom is -0.506 e. The summed E-state index contributed by atoms with van der Waals surface area (Å²) in [5, 5.41) is 11.4. The highest BCUT2D eigenvalue weighted by atomic mass is 35.5. The highest BCUT2D eigenvalue weighted by Crippen LogP contribution is 2.40. The Bertz CT molecular complexity index is 1050. The molecule has 0 radical (unpaired) electrons. The van der Waals surface area contributed by atoms with E-state index in [0.717, 1.165) is 11.8 Å². The number of aromatic amines is 1. The Labute approximate surface area is 156 Å². The van der Waals surface area contributed by atoms with Gasteiger partial charge in [-0.1, -0.05) is 47.1 Å². The number of nitrogens with one attached hydrogen (secondary N) is 1. The average molecular weight is 396 g/mol. The number of halogens is 2. The number of rotatable bonds is 3. The van der Waals surface area contributed by atoms with E-state index in [0.29, 0.717) is 15.4 Å². The number of hydrogen-bond acceptors (Lipinski definition) is 5. The summed E-state index contributed by atoms with van der Waals surface area (Å²) in [4.78, 5) is 27.4. The molecule has 0 spiro atoms. The van der Waals surface area contributed by atoms with Crippen molar-refractivity contribution in [1.29, 1.82) is 0 Å². The predicted molar refractivity (Wildman–Crippen MR) is 98.2 cm³/mol. The van der Waals surface area contributed by atoms with E-state index in [4.69, 9.17) is 27.9 Å². The van der Waals surface area contributed by atoms with Crippen LogP contribution in [0.3, 0.4) is 0 Å². The average Bonchev–Trinajstić information content (AvgIpc) is 2.57. The van der Waals surface area contributed by atoms with E-state index in [-0.39, 0.29) is 26.6 Å². The van der Waals surface area contributed by atoms with Crippen LogP contribution in [0.2, 0.25) is 10.0 Å². The Morgan fingerprint density at radius 3 is 2.68 bits per heavy atom. The fraction of sp³-hybridized carbons (Fsp3) is 0.0588. The summed E-state index contributed by atoms with van der Waals surface area (Å²) in [6.07, 6.45) is 0. The van der Waals surface area contributed by atoms with E-state index in [2.05, 4.69) is 4.98 Å². The van der Waals surface area contributed by atoms with Crippen LogP contribution in [0.4, 0.5) is 0 Å². The molecular formula is C17H11Cl2NO4S. The third-order valence-corrected chi connectivity index (χ3v) is 5.14. The molecule has 0 atom stereocenters. The van der Waals surface area contributed by atoms with E-state index < -0.39 is 11.5 Å². The first-order chi connectivity index (χ1) is 11.9. The van der Waals surface area contributed by atoms with Gasteiger partial charge in [-0.2, -0.15) is 0 Å². The fourth-order valence-electron chi connectivity index (χ4n) is 2.35. The quantitative estimate of drug-likeness (QED) is 0.639. The van der Waals surface area contributed by atoms with Crippen molar-refractivity contribution in [3.05, 3.63) is 62.4 Å². The van der Waals surface area contributed by atoms with Crippen molar-refractivity contribution in [2.24, 2.45) is 0 Å². The molecule has 2 aromatic carbocycles. The van der Waals surface area contributed by atoms with Gasteiger partial charge in [0, 0.05) is 9.92 Å². The lowest BCUT2D eigenvalue weighted by Crippen LogP contribution is -2.10. The summed E-state index contributed by atoms with van der Waals surface area (Å²) in [6, 6.07) is 9.60. The number of pyridine rings is 1. The van der Waals surface area contributed by atoms with Gasteiger partial charge in [0.05, 0.1) is 28.6 Å². The minimum absolute atomic E-state index is 0.0214. The molecule has 3 aromatic rings. The number of H-pyrrole nitrogens is 1. The van der Waals surface area contributed by atoms with Crippen molar-refractivity contribution in [2.75, 3.05) is 7.11 Å². The van der Waals surface area contributed by atoms with Crippen molar-refractivity contribution in [3.63, 3.8) is 0 Å². The number of aromatic nitrogens is 1. The van der Waals surface area contributed by atoms with Crippen LogP contribution in [-0.2, 0) is 4.74 Å². The SMILES string of the molecule is COC(=O)c1ccccc1Sc1c(O)c2c(Cl)cc(Cl)cc2[nH]c1=O. The first-order valence-corrected chi connectivity index (χ1v) is 8.58. The molecule has 128 valence electrons. The van der Waals surface area contributed by atoms with Crippen molar-refractivity contribution in [2.45, 2.75) is 9.79 Å². The molecule has 5 nitrogen and oxygen atoms in total. The number of ether oxygens (including phenoxy) is 1. The lowest BCUT2D eigenvalue weighted by atomic mass is 10.2. The molecule has 0 saturated carbocycles. The van der Waals surface area contributed by atoms with Crippen LogP contribution >= 0.6 is 35.0 Å². The van der Waals surface area contributed by atoms with E-state index in [9.17, 15) is 14.7 Å². The fourth-order valence-corrected chi connectivity index (χ4v) is 3.91. The van der Waals surface area contributed by atoms with Crippen LogP contribution in [0.5, 0.6) is 5.75 Å². The Morgan fingerprint density at radius 2 is 1.96 bits per heavy atom. The van der Waals surface area contributed by atoms with Gasteiger partial charge in [0.1, 0.15) is 10.6 Å². The van der Waals surface area contributed by atoms with Gasteiger partial charge in [0.15, 0.2) is 0 Å². The van der Waals surface area contributed by atoms with Crippen molar-refractivity contribution >= 4 is 51.8 Å². The van der Waals surface area contributed by atoms with Crippen molar-refractivity contribution < 1.29 is 14.6 Å². The highest BCUT2D eigenvalue weighted by molar-refractivity contribution is 7.99. The normalized spacial score (nSPS) is 10.8. The van der Waals surface area contributed by atoms with E-state index in [1.54, 1.807) is 24.3 Å². The van der Waals surface area contributed by atoms with Gasteiger partial charge >= 0.3 is 5.97 Å². The van der Waals surface area contributed by atoms with Gasteiger partial charge in [-0.25, -0.2) is 4.79 Å². The molecule has 3 rings (SSSR count). The second-order valence-electron chi connectivity index (χ2n) is 5.03. The number of fused-ring (bicyclic) bond motifs is 1. The molecule has 0 aliphatic heterocycles. The number of aromatic hydroxyl groups is 1. The Kier molecular flexibility index (Phi) is 4.94. The number of methoxy groups -OCH3 is 1. The molecular weight excluding hydrogens is 385 g/mol. The largest absolute Gasteiger partial charge is 0.506 e. The number of benzene rings is 2. The molecule has 0 bridgehead atoms. The molecule has 1 aromatic heterocycles. The molecule has 2 N–H and O–H groups in total. The van der Waals surface area contributed by atoms with Crippen LogP contribution in [0.15, 0.2) is 51.0 Å². The lowest BCUT2D eigenvalue weighted by molar-refractivity contribution is 0.0597. The second-order valence-corrected chi connectivity index (χ2v) is 6.93. The summed E-state index contributed by atoms with van der Waals surface area (Å²) >= 11 is 13.0. The van der Waals surface area contributed by atoms with Gasteiger partial charge in [0.25, 0.3) is 5.56 Å². The topological polar surface area (TPSA) is 79.4 Å². The molecule has 1 heterocycles. The Morgan fingerprint density at radius 1 is 1.24 bits per heavy atom. The van der Waals surface area contributed by atoms with E-state index in [1.165, 1.54) is 19.2 Å². The zero-order valence-electron chi connectivity index (χ0n) is 12.8. The Hall–Kier alpha value is -2.15. The number of esters is 1. The third-order valence-electron chi connectivity index (χ3n) is 3.47. The first-order valence-electron chi connectivity index (χ1n) is 7.01. The highest BCUT2D eigenvalue weighted by Gasteiger charge is 2.19. The monoisotopic (exact) mass is 395 g/mol. The molecule has 0 aliphatic rings. The zero-order chi connectivity index (χ0) is 18.1. The van der Waals surface area contributed by atoms with Crippen LogP contribution < -0.4 is 5.56 Å². The number of hydrogen-bond donors (Lipinski definition) is 2.